The molecular formula is C26H27BrFN5O3. The molecule has 0 saturated heterocycles. The Morgan fingerprint density at radius 1 is 1.17 bits per heavy atom. The van der Waals surface area contributed by atoms with Gasteiger partial charge in [-0.2, -0.15) is 4.98 Å². The number of hydrogen-bond donors (Lipinski definition) is 0. The molecule has 0 aliphatic carbocycles. The third-order valence-corrected chi connectivity index (χ3v) is 6.92. The van der Waals surface area contributed by atoms with Crippen LogP contribution < -0.4 is 14.4 Å². The number of guanidine groups is 1. The first kappa shape index (κ1) is 24.3. The van der Waals surface area contributed by atoms with Gasteiger partial charge in [0.05, 0.1) is 37.3 Å². The molecule has 188 valence electrons. The van der Waals surface area contributed by atoms with Crippen LogP contribution in [0.1, 0.15) is 35.5 Å². The molecule has 2 aliphatic heterocycles. The molecule has 2 aliphatic rings. The molecule has 0 spiro atoms. The Bertz CT molecular complexity index is 1340. The zero-order chi connectivity index (χ0) is 25.4. The molecule has 1 aromatic heterocycles. The fourth-order valence-electron chi connectivity index (χ4n) is 4.71. The SMILES string of the molecule is CCOc1nc2c(n1Cc1ccc(OC)c(Br)c1)C(=O)N(CC)C1=N[C@H](Cc3cccc(F)c3)CN12. The summed E-state index contributed by atoms with van der Waals surface area (Å²) in [6, 6.07) is 12.6. The molecule has 0 fully saturated rings. The van der Waals surface area contributed by atoms with E-state index < -0.39 is 0 Å². The molecule has 1 atom stereocenters. The summed E-state index contributed by atoms with van der Waals surface area (Å²) in [5.74, 6) is 1.41. The van der Waals surface area contributed by atoms with E-state index in [4.69, 9.17) is 19.5 Å². The number of aliphatic imine (C=N–C) groups is 1. The van der Waals surface area contributed by atoms with Crippen LogP contribution >= 0.6 is 15.9 Å². The van der Waals surface area contributed by atoms with Crippen molar-refractivity contribution in [2.75, 3.05) is 31.7 Å². The molecule has 8 nitrogen and oxygen atoms in total. The second-order valence-corrected chi connectivity index (χ2v) is 9.49. The van der Waals surface area contributed by atoms with Gasteiger partial charge in [0.15, 0.2) is 11.5 Å². The Kier molecular flexibility index (Phi) is 6.70. The summed E-state index contributed by atoms with van der Waals surface area (Å²) in [6.45, 7) is 5.63. The van der Waals surface area contributed by atoms with E-state index in [-0.39, 0.29) is 17.8 Å². The van der Waals surface area contributed by atoms with Gasteiger partial charge in [0, 0.05) is 6.54 Å². The lowest BCUT2D eigenvalue weighted by Crippen LogP contribution is -2.50. The molecule has 10 heteroatoms. The second-order valence-electron chi connectivity index (χ2n) is 8.63. The van der Waals surface area contributed by atoms with Crippen molar-refractivity contribution >= 4 is 33.6 Å². The summed E-state index contributed by atoms with van der Waals surface area (Å²) in [5, 5.41) is 0. The van der Waals surface area contributed by atoms with Crippen LogP contribution in [0, 0.1) is 5.82 Å². The Labute approximate surface area is 217 Å². The van der Waals surface area contributed by atoms with Crippen molar-refractivity contribution in [1.29, 1.82) is 0 Å². The van der Waals surface area contributed by atoms with E-state index in [2.05, 4.69) is 15.9 Å². The number of methoxy groups -OCH3 is 1. The fourth-order valence-corrected chi connectivity index (χ4v) is 5.30. The van der Waals surface area contributed by atoms with Crippen LogP contribution in [-0.4, -0.2) is 59.2 Å². The predicted octanol–water partition coefficient (Wildman–Crippen LogP) is 4.50. The molecule has 0 bridgehead atoms. The van der Waals surface area contributed by atoms with Crippen LogP contribution in [0.25, 0.3) is 0 Å². The molecule has 5 rings (SSSR count). The molecule has 3 heterocycles. The average molecular weight is 556 g/mol. The van der Waals surface area contributed by atoms with E-state index in [1.807, 2.05) is 47.6 Å². The maximum absolute atomic E-state index is 13.7. The zero-order valence-electron chi connectivity index (χ0n) is 20.4. The first-order valence-corrected chi connectivity index (χ1v) is 12.7. The van der Waals surface area contributed by atoms with E-state index in [0.717, 1.165) is 21.3 Å². The van der Waals surface area contributed by atoms with E-state index in [1.165, 1.54) is 12.1 Å². The number of aromatic nitrogens is 2. The molecule has 3 aromatic rings. The maximum Gasteiger partial charge on any atom is 0.299 e. The number of anilines is 1. The van der Waals surface area contributed by atoms with Crippen molar-refractivity contribution in [3.05, 3.63) is 69.6 Å². The number of rotatable bonds is 8. The smallest absolute Gasteiger partial charge is 0.299 e. The van der Waals surface area contributed by atoms with Crippen LogP contribution in [0.3, 0.4) is 0 Å². The van der Waals surface area contributed by atoms with Crippen molar-refractivity contribution in [3.63, 3.8) is 0 Å². The minimum Gasteiger partial charge on any atom is -0.496 e. The lowest BCUT2D eigenvalue weighted by atomic mass is 10.1. The number of amides is 1. The summed E-state index contributed by atoms with van der Waals surface area (Å²) in [5.41, 5.74) is 2.30. The summed E-state index contributed by atoms with van der Waals surface area (Å²) in [7, 11) is 1.62. The van der Waals surface area contributed by atoms with Crippen LogP contribution in [-0.2, 0) is 13.0 Å². The average Bonchev–Trinajstić information content (AvgIpc) is 3.42. The monoisotopic (exact) mass is 555 g/mol. The first-order chi connectivity index (χ1) is 17.4. The van der Waals surface area contributed by atoms with Crippen molar-refractivity contribution in [2.24, 2.45) is 4.99 Å². The van der Waals surface area contributed by atoms with Crippen LogP contribution in [0.4, 0.5) is 10.2 Å². The second kappa shape index (κ2) is 9.93. The number of hydrogen-bond acceptors (Lipinski definition) is 6. The number of fused-ring (bicyclic) bond motifs is 3. The fraction of sp³-hybridized carbons (Fsp3) is 0.346. The van der Waals surface area contributed by atoms with Crippen LogP contribution in [0.2, 0.25) is 0 Å². The van der Waals surface area contributed by atoms with Gasteiger partial charge in [-0.1, -0.05) is 18.2 Å². The van der Waals surface area contributed by atoms with Gasteiger partial charge in [-0.15, -0.1) is 0 Å². The first-order valence-electron chi connectivity index (χ1n) is 11.9. The number of halogens is 2. The van der Waals surface area contributed by atoms with Gasteiger partial charge in [0.2, 0.25) is 5.96 Å². The topological polar surface area (TPSA) is 72.2 Å². The Morgan fingerprint density at radius 3 is 2.69 bits per heavy atom. The van der Waals surface area contributed by atoms with Crippen LogP contribution in [0.5, 0.6) is 11.8 Å². The highest BCUT2D eigenvalue weighted by Crippen LogP contribution is 2.36. The number of carbonyl (C=O) groups is 1. The van der Waals surface area contributed by atoms with E-state index in [0.29, 0.717) is 56.1 Å². The van der Waals surface area contributed by atoms with Gasteiger partial charge in [-0.3, -0.25) is 19.2 Å². The lowest BCUT2D eigenvalue weighted by Gasteiger charge is -2.32. The molecule has 1 amide bonds. The molecule has 2 aromatic carbocycles. The molecule has 0 radical (unpaired) electrons. The quantitative estimate of drug-likeness (QED) is 0.409. The van der Waals surface area contributed by atoms with Crippen molar-refractivity contribution < 1.29 is 18.7 Å². The zero-order valence-corrected chi connectivity index (χ0v) is 22.0. The lowest BCUT2D eigenvalue weighted by molar-refractivity contribution is 0.0835. The minimum absolute atomic E-state index is 0.132. The molecular weight excluding hydrogens is 529 g/mol. The standard InChI is InChI=1S/C26H27BrFN5O3/c1-4-31-24(34)22-23(33-15-19(29-25(31)33)12-16-7-6-8-18(28)11-16)30-26(36-5-2)32(22)14-17-9-10-21(35-3)20(27)13-17/h6-11,13,19H,4-5,12,14-15H2,1-3H3/t19-/m1/s1. The third-order valence-electron chi connectivity index (χ3n) is 6.30. The van der Waals surface area contributed by atoms with Crippen LogP contribution in [0.15, 0.2) is 51.9 Å². The van der Waals surface area contributed by atoms with Crippen molar-refractivity contribution in [1.82, 2.24) is 14.5 Å². The van der Waals surface area contributed by atoms with Crippen molar-refractivity contribution in [2.45, 2.75) is 32.9 Å². The van der Waals surface area contributed by atoms with Gasteiger partial charge in [-0.25, -0.2) is 9.38 Å². The van der Waals surface area contributed by atoms with Gasteiger partial charge < -0.3 is 9.47 Å². The highest BCUT2D eigenvalue weighted by Gasteiger charge is 2.43. The molecule has 0 N–H and O–H groups in total. The highest BCUT2D eigenvalue weighted by molar-refractivity contribution is 9.10. The summed E-state index contributed by atoms with van der Waals surface area (Å²) in [6.07, 6.45) is 0.567. The van der Waals surface area contributed by atoms with Gasteiger partial charge in [-0.05, 0) is 71.6 Å². The molecule has 0 saturated carbocycles. The van der Waals surface area contributed by atoms with Gasteiger partial charge in [0.1, 0.15) is 11.6 Å². The Hall–Kier alpha value is -3.40. The number of ether oxygens (including phenoxy) is 2. The third kappa shape index (κ3) is 4.34. The van der Waals surface area contributed by atoms with E-state index in [9.17, 15) is 9.18 Å². The Balaban J connectivity index is 1.52. The Morgan fingerprint density at radius 2 is 2.00 bits per heavy atom. The normalized spacial score (nSPS) is 16.6. The maximum atomic E-state index is 13.7. The van der Waals surface area contributed by atoms with Gasteiger partial charge in [0.25, 0.3) is 11.9 Å². The number of imidazole rings is 1. The largest absolute Gasteiger partial charge is 0.496 e. The highest BCUT2D eigenvalue weighted by atomic mass is 79.9. The number of nitrogens with zero attached hydrogens (tertiary/aromatic N) is 5. The number of carbonyl (C=O) groups excluding carboxylic acids is 1. The predicted molar refractivity (Wildman–Crippen MR) is 139 cm³/mol. The summed E-state index contributed by atoms with van der Waals surface area (Å²) in [4.78, 5) is 27.0. The van der Waals surface area contributed by atoms with Gasteiger partial charge >= 0.3 is 0 Å². The van der Waals surface area contributed by atoms with Crippen molar-refractivity contribution in [3.8, 4) is 11.8 Å². The molecule has 36 heavy (non-hydrogen) atoms. The minimum atomic E-state index is -0.270. The summed E-state index contributed by atoms with van der Waals surface area (Å²) < 4.78 is 27.6. The number of benzene rings is 2. The van der Waals surface area contributed by atoms with E-state index >= 15 is 0 Å². The van der Waals surface area contributed by atoms with E-state index in [1.54, 1.807) is 18.1 Å². The summed E-state index contributed by atoms with van der Waals surface area (Å²) >= 11 is 3.54. The molecule has 0 unspecified atom stereocenters.